The molecule has 0 fully saturated rings. The number of nitrogen functional groups attached to an aromatic ring is 1. The summed E-state index contributed by atoms with van der Waals surface area (Å²) in [5.41, 5.74) is 6.07. The standard InChI is InChI=1S/C26H39N5O8/c1-14(2)11-16(12-32)28-25(38)20(13-33)30-26(39)22(15(3)4)31-24(37)19(9-10-21(34)35)29-23(36)17-7-5-6-8-18(17)27/h5-8,12,14-16,19-20,22,33H,9-11,13,27H2,1-4H3,(H,28,38)(H,29,36)(H,30,39)(H,31,37)(H,34,35)/t16-,19-,20-,22-/m0/s1. The van der Waals surface area contributed by atoms with Gasteiger partial charge in [-0.05, 0) is 36.8 Å². The van der Waals surface area contributed by atoms with Gasteiger partial charge in [0.1, 0.15) is 24.4 Å². The molecule has 0 unspecified atom stereocenters. The SMILES string of the molecule is CC(C)C[C@@H](C=O)NC(=O)[C@H](CO)NC(=O)[C@@H](NC(=O)[C@H](CCC(=O)O)NC(=O)c1ccccc1N)C(C)C. The molecular formula is C26H39N5O8. The molecule has 0 saturated carbocycles. The number of benzene rings is 1. The lowest BCUT2D eigenvalue weighted by Gasteiger charge is -2.27. The molecule has 1 aromatic carbocycles. The molecular weight excluding hydrogens is 510 g/mol. The second kappa shape index (κ2) is 16.1. The number of aliphatic hydroxyl groups is 1. The van der Waals surface area contributed by atoms with Gasteiger partial charge in [-0.2, -0.15) is 0 Å². The van der Waals surface area contributed by atoms with E-state index in [9.17, 15) is 33.9 Å². The van der Waals surface area contributed by atoms with Gasteiger partial charge >= 0.3 is 5.97 Å². The third-order valence-electron chi connectivity index (χ3n) is 5.75. The number of nitrogens with two attached hydrogens (primary N) is 1. The first-order valence-electron chi connectivity index (χ1n) is 12.6. The van der Waals surface area contributed by atoms with E-state index in [4.69, 9.17) is 10.8 Å². The molecule has 0 heterocycles. The van der Waals surface area contributed by atoms with Crippen molar-refractivity contribution in [1.82, 2.24) is 21.3 Å². The van der Waals surface area contributed by atoms with E-state index in [1.54, 1.807) is 26.0 Å². The largest absolute Gasteiger partial charge is 0.481 e. The van der Waals surface area contributed by atoms with Crippen molar-refractivity contribution in [2.45, 2.75) is 71.1 Å². The quantitative estimate of drug-likeness (QED) is 0.105. The van der Waals surface area contributed by atoms with Gasteiger partial charge in [0.05, 0.1) is 18.2 Å². The first kappa shape index (κ1) is 33.0. The van der Waals surface area contributed by atoms with E-state index < -0.39 is 72.7 Å². The number of aliphatic hydroxyl groups excluding tert-OH is 1. The number of carbonyl (C=O) groups excluding carboxylic acids is 5. The van der Waals surface area contributed by atoms with Gasteiger partial charge in [-0.3, -0.25) is 24.0 Å². The number of carbonyl (C=O) groups is 6. The Bertz CT molecular complexity index is 1030. The summed E-state index contributed by atoms with van der Waals surface area (Å²) >= 11 is 0. The first-order chi connectivity index (χ1) is 18.3. The van der Waals surface area contributed by atoms with Crippen LogP contribution in [0.4, 0.5) is 5.69 Å². The lowest BCUT2D eigenvalue weighted by Crippen LogP contribution is -2.59. The third-order valence-corrected chi connectivity index (χ3v) is 5.75. The molecule has 0 aliphatic heterocycles. The van der Waals surface area contributed by atoms with Crippen molar-refractivity contribution in [3.63, 3.8) is 0 Å². The highest BCUT2D eigenvalue weighted by Gasteiger charge is 2.32. The van der Waals surface area contributed by atoms with E-state index in [1.165, 1.54) is 12.1 Å². The van der Waals surface area contributed by atoms with Gasteiger partial charge in [-0.15, -0.1) is 0 Å². The van der Waals surface area contributed by atoms with Crippen molar-refractivity contribution >= 4 is 41.6 Å². The number of rotatable bonds is 16. The summed E-state index contributed by atoms with van der Waals surface area (Å²) in [6.07, 6.45) is 0.225. The second-order valence-corrected chi connectivity index (χ2v) is 9.90. The van der Waals surface area contributed by atoms with Crippen molar-refractivity contribution in [2.75, 3.05) is 12.3 Å². The molecule has 39 heavy (non-hydrogen) atoms. The molecule has 0 aliphatic carbocycles. The normalized spacial score (nSPS) is 14.0. The highest BCUT2D eigenvalue weighted by Crippen LogP contribution is 2.12. The number of aldehydes is 1. The number of anilines is 1. The molecule has 1 rings (SSSR count). The molecule has 0 aliphatic rings. The van der Waals surface area contributed by atoms with Gasteiger partial charge < -0.3 is 42.0 Å². The van der Waals surface area contributed by atoms with Gasteiger partial charge in [0.25, 0.3) is 5.91 Å². The molecule has 0 aromatic heterocycles. The fraction of sp³-hybridized carbons (Fsp3) is 0.538. The third kappa shape index (κ3) is 11.1. The molecule has 0 spiro atoms. The highest BCUT2D eigenvalue weighted by molar-refractivity contribution is 6.02. The average Bonchev–Trinajstić information content (AvgIpc) is 2.86. The van der Waals surface area contributed by atoms with Gasteiger partial charge in [0.15, 0.2) is 0 Å². The molecule has 8 N–H and O–H groups in total. The van der Waals surface area contributed by atoms with Crippen LogP contribution in [0, 0.1) is 11.8 Å². The summed E-state index contributed by atoms with van der Waals surface area (Å²) in [6, 6.07) is 1.41. The van der Waals surface area contributed by atoms with E-state index in [1.807, 2.05) is 13.8 Å². The number of para-hydroxylation sites is 1. The molecule has 4 amide bonds. The van der Waals surface area contributed by atoms with Gasteiger partial charge in [0.2, 0.25) is 17.7 Å². The van der Waals surface area contributed by atoms with E-state index >= 15 is 0 Å². The van der Waals surface area contributed by atoms with Gasteiger partial charge in [0, 0.05) is 12.1 Å². The fourth-order valence-corrected chi connectivity index (χ4v) is 3.66. The van der Waals surface area contributed by atoms with Gasteiger partial charge in [-0.25, -0.2) is 0 Å². The molecule has 1 aromatic rings. The maximum absolute atomic E-state index is 13.1. The van der Waals surface area contributed by atoms with Crippen LogP contribution in [0.2, 0.25) is 0 Å². The Morgan fingerprint density at radius 3 is 2.03 bits per heavy atom. The number of hydrogen-bond acceptors (Lipinski definition) is 8. The number of hydrogen-bond donors (Lipinski definition) is 7. The zero-order chi connectivity index (χ0) is 29.7. The molecule has 0 bridgehead atoms. The van der Waals surface area contributed by atoms with E-state index in [0.29, 0.717) is 12.7 Å². The van der Waals surface area contributed by atoms with Gasteiger partial charge in [-0.1, -0.05) is 39.8 Å². The number of carboxylic acid groups (broad SMARTS) is 1. The van der Waals surface area contributed by atoms with Crippen LogP contribution in [0.15, 0.2) is 24.3 Å². The van der Waals surface area contributed by atoms with Crippen LogP contribution in [0.25, 0.3) is 0 Å². The van der Waals surface area contributed by atoms with Crippen molar-refractivity contribution in [2.24, 2.45) is 11.8 Å². The molecule has 0 radical (unpaired) electrons. The van der Waals surface area contributed by atoms with Crippen LogP contribution in [0.5, 0.6) is 0 Å². The molecule has 13 heteroatoms. The summed E-state index contributed by atoms with van der Waals surface area (Å²) in [4.78, 5) is 73.8. The maximum atomic E-state index is 13.1. The van der Waals surface area contributed by atoms with E-state index in [-0.39, 0.29) is 23.6 Å². The van der Waals surface area contributed by atoms with Crippen molar-refractivity contribution in [1.29, 1.82) is 0 Å². The summed E-state index contributed by atoms with van der Waals surface area (Å²) in [6.45, 7) is 6.22. The van der Waals surface area contributed by atoms with Crippen LogP contribution < -0.4 is 27.0 Å². The summed E-state index contributed by atoms with van der Waals surface area (Å²) in [5, 5.41) is 28.6. The minimum atomic E-state index is -1.39. The Hall–Kier alpha value is -4.00. The number of carboxylic acids is 1. The molecule has 4 atom stereocenters. The Labute approximate surface area is 227 Å². The van der Waals surface area contributed by atoms with Crippen molar-refractivity contribution in [3.8, 4) is 0 Å². The number of amides is 4. The minimum Gasteiger partial charge on any atom is -0.481 e. The van der Waals surface area contributed by atoms with E-state index in [2.05, 4.69) is 21.3 Å². The van der Waals surface area contributed by atoms with Crippen molar-refractivity contribution in [3.05, 3.63) is 29.8 Å². The molecule has 13 nitrogen and oxygen atoms in total. The number of aliphatic carboxylic acids is 1. The van der Waals surface area contributed by atoms with E-state index in [0.717, 1.165) is 0 Å². The Balaban J connectivity index is 3.01. The number of nitrogens with one attached hydrogen (secondary N) is 4. The fourth-order valence-electron chi connectivity index (χ4n) is 3.66. The average molecular weight is 550 g/mol. The Kier molecular flexibility index (Phi) is 13.6. The first-order valence-corrected chi connectivity index (χ1v) is 12.6. The monoisotopic (exact) mass is 549 g/mol. The minimum absolute atomic E-state index is 0.0895. The lowest BCUT2D eigenvalue weighted by atomic mass is 10.0. The topological polar surface area (TPSA) is 217 Å². The zero-order valence-electron chi connectivity index (χ0n) is 22.6. The zero-order valence-corrected chi connectivity index (χ0v) is 22.6. The molecule has 216 valence electrons. The summed E-state index contributed by atoms with van der Waals surface area (Å²) in [7, 11) is 0. The Morgan fingerprint density at radius 2 is 1.51 bits per heavy atom. The molecule has 0 saturated heterocycles. The predicted molar refractivity (Wildman–Crippen MR) is 142 cm³/mol. The van der Waals surface area contributed by atoms with Crippen LogP contribution in [0.3, 0.4) is 0 Å². The second-order valence-electron chi connectivity index (χ2n) is 9.90. The van der Waals surface area contributed by atoms with Crippen molar-refractivity contribution < 1.29 is 39.0 Å². The lowest BCUT2D eigenvalue weighted by molar-refractivity contribution is -0.137. The van der Waals surface area contributed by atoms with Crippen LogP contribution >= 0.6 is 0 Å². The predicted octanol–water partition coefficient (Wildman–Crippen LogP) is -0.420. The highest BCUT2D eigenvalue weighted by atomic mass is 16.4. The van der Waals surface area contributed by atoms with Crippen LogP contribution in [-0.2, 0) is 24.0 Å². The Morgan fingerprint density at radius 1 is 0.897 bits per heavy atom. The van der Waals surface area contributed by atoms with Crippen LogP contribution in [0.1, 0.15) is 57.3 Å². The smallest absolute Gasteiger partial charge is 0.303 e. The van der Waals surface area contributed by atoms with Crippen LogP contribution in [-0.4, -0.2) is 76.9 Å². The summed E-state index contributed by atoms with van der Waals surface area (Å²) in [5.74, 6) is -4.68. The maximum Gasteiger partial charge on any atom is 0.303 e. The summed E-state index contributed by atoms with van der Waals surface area (Å²) < 4.78 is 0.